The fourth-order valence-electron chi connectivity index (χ4n) is 1.36. The van der Waals surface area contributed by atoms with E-state index in [4.69, 9.17) is 5.73 Å². The summed E-state index contributed by atoms with van der Waals surface area (Å²) >= 11 is 0. The predicted molar refractivity (Wildman–Crippen MR) is 58.4 cm³/mol. The van der Waals surface area contributed by atoms with Gasteiger partial charge in [-0.05, 0) is 16.5 Å². The van der Waals surface area contributed by atoms with E-state index in [9.17, 15) is 4.79 Å². The van der Waals surface area contributed by atoms with Gasteiger partial charge in [0.15, 0.2) is 0 Å². The molecule has 2 heteroatoms. The molecular formula is C12H17NO. The lowest BCUT2D eigenvalue weighted by Crippen LogP contribution is -2.13. The lowest BCUT2D eigenvalue weighted by molar-refractivity contribution is 0.112. The van der Waals surface area contributed by atoms with Crippen LogP contribution in [0.25, 0.3) is 0 Å². The number of benzene rings is 1. The largest absolute Gasteiger partial charge is 0.326 e. The van der Waals surface area contributed by atoms with Crippen LogP contribution in [-0.4, -0.2) is 6.29 Å². The first kappa shape index (κ1) is 10.9. The minimum absolute atomic E-state index is 0.103. The Kier molecular flexibility index (Phi) is 3.06. The van der Waals surface area contributed by atoms with Crippen LogP contribution in [0.2, 0.25) is 0 Å². The third kappa shape index (κ3) is 2.20. The third-order valence-electron chi connectivity index (χ3n) is 2.36. The van der Waals surface area contributed by atoms with E-state index < -0.39 is 0 Å². The summed E-state index contributed by atoms with van der Waals surface area (Å²) in [6, 6.07) is 5.85. The fraction of sp³-hybridized carbons (Fsp3) is 0.417. The summed E-state index contributed by atoms with van der Waals surface area (Å²) in [6.07, 6.45) is 0.856. The third-order valence-corrected chi connectivity index (χ3v) is 2.36. The summed E-state index contributed by atoms with van der Waals surface area (Å²) in [5.74, 6) is 0. The Morgan fingerprint density at radius 3 is 2.43 bits per heavy atom. The van der Waals surface area contributed by atoms with Gasteiger partial charge in [0.05, 0.1) is 0 Å². The molecule has 0 heterocycles. The fourth-order valence-corrected chi connectivity index (χ4v) is 1.36. The summed E-state index contributed by atoms with van der Waals surface area (Å²) in [6.45, 7) is 6.84. The van der Waals surface area contributed by atoms with Crippen LogP contribution in [0.15, 0.2) is 18.2 Å². The molecule has 0 spiro atoms. The number of hydrogen-bond acceptors (Lipinski definition) is 2. The Bertz CT molecular complexity index is 337. The van der Waals surface area contributed by atoms with Gasteiger partial charge < -0.3 is 5.73 Å². The molecule has 1 rings (SSSR count). The maximum absolute atomic E-state index is 10.7. The smallest absolute Gasteiger partial charge is 0.150 e. The number of hydrogen-bond donors (Lipinski definition) is 1. The second-order valence-corrected chi connectivity index (χ2v) is 4.49. The van der Waals surface area contributed by atoms with Crippen LogP contribution >= 0.6 is 0 Å². The van der Waals surface area contributed by atoms with Gasteiger partial charge in [0.25, 0.3) is 0 Å². The first-order valence-electron chi connectivity index (χ1n) is 4.77. The monoisotopic (exact) mass is 191 g/mol. The van der Waals surface area contributed by atoms with Crippen molar-refractivity contribution in [1.29, 1.82) is 0 Å². The molecule has 2 N–H and O–H groups in total. The Labute approximate surface area is 85.1 Å². The lowest BCUT2D eigenvalue weighted by atomic mass is 9.85. The lowest BCUT2D eigenvalue weighted by Gasteiger charge is -2.20. The van der Waals surface area contributed by atoms with Crippen molar-refractivity contribution in [2.24, 2.45) is 5.73 Å². The highest BCUT2D eigenvalue weighted by atomic mass is 16.1. The van der Waals surface area contributed by atoms with Crippen LogP contribution < -0.4 is 5.73 Å². The van der Waals surface area contributed by atoms with E-state index in [1.807, 2.05) is 18.2 Å². The van der Waals surface area contributed by atoms with E-state index in [0.29, 0.717) is 12.1 Å². The van der Waals surface area contributed by atoms with Crippen LogP contribution in [-0.2, 0) is 12.0 Å². The summed E-state index contributed by atoms with van der Waals surface area (Å²) in [5.41, 5.74) is 8.51. The molecule has 0 fully saturated rings. The van der Waals surface area contributed by atoms with Crippen molar-refractivity contribution in [3.63, 3.8) is 0 Å². The van der Waals surface area contributed by atoms with Gasteiger partial charge in [-0.15, -0.1) is 0 Å². The van der Waals surface area contributed by atoms with Crippen LogP contribution in [0.4, 0.5) is 0 Å². The maximum atomic E-state index is 10.7. The average molecular weight is 191 g/mol. The zero-order valence-corrected chi connectivity index (χ0v) is 9.00. The summed E-state index contributed by atoms with van der Waals surface area (Å²) in [4.78, 5) is 10.7. The highest BCUT2D eigenvalue weighted by Crippen LogP contribution is 2.23. The van der Waals surface area contributed by atoms with Gasteiger partial charge in [-0.1, -0.05) is 39.0 Å². The van der Waals surface area contributed by atoms with Crippen molar-refractivity contribution in [3.8, 4) is 0 Å². The molecule has 0 radical (unpaired) electrons. The number of aldehydes is 1. The molecule has 0 aliphatic heterocycles. The van der Waals surface area contributed by atoms with Crippen molar-refractivity contribution >= 4 is 6.29 Å². The predicted octanol–water partition coefficient (Wildman–Crippen LogP) is 2.26. The highest BCUT2D eigenvalue weighted by Gasteiger charge is 2.14. The summed E-state index contributed by atoms with van der Waals surface area (Å²) in [5, 5.41) is 0. The van der Waals surface area contributed by atoms with Gasteiger partial charge in [-0.2, -0.15) is 0 Å². The molecule has 0 aliphatic carbocycles. The van der Waals surface area contributed by atoms with Crippen molar-refractivity contribution in [2.45, 2.75) is 32.7 Å². The zero-order chi connectivity index (χ0) is 10.8. The molecule has 1 aromatic rings. The quantitative estimate of drug-likeness (QED) is 0.728. The van der Waals surface area contributed by atoms with E-state index >= 15 is 0 Å². The average Bonchev–Trinajstić information content (AvgIpc) is 2.15. The second kappa shape index (κ2) is 3.93. The van der Waals surface area contributed by atoms with Gasteiger partial charge in [-0.3, -0.25) is 4.79 Å². The van der Waals surface area contributed by atoms with E-state index in [1.54, 1.807) is 0 Å². The molecule has 0 unspecified atom stereocenters. The molecule has 1 aromatic carbocycles. The molecule has 0 saturated carbocycles. The SMILES string of the molecule is CC(C)(C)c1ccc(C=O)c(CN)c1. The van der Waals surface area contributed by atoms with E-state index in [1.165, 1.54) is 5.56 Å². The molecule has 0 aliphatic rings. The normalized spacial score (nSPS) is 11.4. The molecule has 76 valence electrons. The van der Waals surface area contributed by atoms with Crippen molar-refractivity contribution in [2.75, 3.05) is 0 Å². The van der Waals surface area contributed by atoms with Crippen molar-refractivity contribution in [3.05, 3.63) is 34.9 Å². The summed E-state index contributed by atoms with van der Waals surface area (Å²) < 4.78 is 0. The van der Waals surface area contributed by atoms with Crippen molar-refractivity contribution in [1.82, 2.24) is 0 Å². The minimum atomic E-state index is 0.103. The topological polar surface area (TPSA) is 43.1 Å². The number of carbonyl (C=O) groups excluding carboxylic acids is 1. The zero-order valence-electron chi connectivity index (χ0n) is 9.00. The molecule has 0 aromatic heterocycles. The van der Waals surface area contributed by atoms with E-state index in [-0.39, 0.29) is 5.41 Å². The highest BCUT2D eigenvalue weighted by molar-refractivity contribution is 5.77. The Morgan fingerprint density at radius 1 is 1.36 bits per heavy atom. The molecule has 0 bridgehead atoms. The number of nitrogens with two attached hydrogens (primary N) is 1. The molecule has 14 heavy (non-hydrogen) atoms. The molecular weight excluding hydrogens is 174 g/mol. The van der Waals surface area contributed by atoms with Crippen molar-refractivity contribution < 1.29 is 4.79 Å². The number of rotatable bonds is 2. The van der Waals surface area contributed by atoms with Gasteiger partial charge >= 0.3 is 0 Å². The minimum Gasteiger partial charge on any atom is -0.326 e. The van der Waals surface area contributed by atoms with Crippen LogP contribution in [0, 0.1) is 0 Å². The van der Waals surface area contributed by atoms with E-state index in [0.717, 1.165) is 11.8 Å². The van der Waals surface area contributed by atoms with Crippen LogP contribution in [0.3, 0.4) is 0 Å². The van der Waals surface area contributed by atoms with Gasteiger partial charge in [0, 0.05) is 12.1 Å². The number of carbonyl (C=O) groups is 1. The molecule has 0 saturated heterocycles. The molecule has 2 nitrogen and oxygen atoms in total. The first-order valence-corrected chi connectivity index (χ1v) is 4.77. The van der Waals surface area contributed by atoms with Gasteiger partial charge in [0.2, 0.25) is 0 Å². The maximum Gasteiger partial charge on any atom is 0.150 e. The molecule has 0 atom stereocenters. The van der Waals surface area contributed by atoms with Gasteiger partial charge in [0.1, 0.15) is 6.29 Å². The second-order valence-electron chi connectivity index (χ2n) is 4.49. The summed E-state index contributed by atoms with van der Waals surface area (Å²) in [7, 11) is 0. The Balaban J connectivity index is 3.21. The Hall–Kier alpha value is -1.15. The molecule has 0 amide bonds. The van der Waals surface area contributed by atoms with Crippen LogP contribution in [0.5, 0.6) is 0 Å². The first-order chi connectivity index (χ1) is 6.49. The standard InChI is InChI=1S/C12H17NO/c1-12(2,3)11-5-4-9(8-14)10(6-11)7-13/h4-6,8H,7,13H2,1-3H3. The van der Waals surface area contributed by atoms with Gasteiger partial charge in [-0.25, -0.2) is 0 Å². The Morgan fingerprint density at radius 2 is 2.00 bits per heavy atom. The van der Waals surface area contributed by atoms with Crippen LogP contribution in [0.1, 0.15) is 42.3 Å². The van der Waals surface area contributed by atoms with E-state index in [2.05, 4.69) is 20.8 Å².